The number of nitro benzene ring substituents is 1. The SMILES string of the molecule is CCN1C(=O)NC(=O)/C(=C\c2cc([N+](=O)[O-])ccc2N2CCOCC2)C1=O. The van der Waals surface area contributed by atoms with Gasteiger partial charge in [0.2, 0.25) is 0 Å². The van der Waals surface area contributed by atoms with Crippen molar-refractivity contribution < 1.29 is 24.0 Å². The van der Waals surface area contributed by atoms with Gasteiger partial charge in [0.15, 0.2) is 0 Å². The Morgan fingerprint density at radius 1 is 1.26 bits per heavy atom. The number of carbonyl (C=O) groups excluding carboxylic acids is 3. The first-order valence-corrected chi connectivity index (χ1v) is 8.42. The second-order valence-corrected chi connectivity index (χ2v) is 5.97. The fourth-order valence-electron chi connectivity index (χ4n) is 3.00. The molecule has 1 aromatic rings. The van der Waals surface area contributed by atoms with Gasteiger partial charge in [0, 0.05) is 43.0 Å². The molecule has 2 heterocycles. The summed E-state index contributed by atoms with van der Waals surface area (Å²) in [5, 5.41) is 13.3. The van der Waals surface area contributed by atoms with Gasteiger partial charge >= 0.3 is 6.03 Å². The van der Waals surface area contributed by atoms with Crippen molar-refractivity contribution >= 4 is 35.3 Å². The first-order chi connectivity index (χ1) is 12.9. The van der Waals surface area contributed by atoms with E-state index in [1.165, 1.54) is 18.2 Å². The van der Waals surface area contributed by atoms with E-state index < -0.39 is 22.8 Å². The fourth-order valence-corrected chi connectivity index (χ4v) is 3.00. The van der Waals surface area contributed by atoms with E-state index in [2.05, 4.69) is 5.32 Å². The Kier molecular flexibility index (Phi) is 5.17. The molecule has 0 spiro atoms. The first kappa shape index (κ1) is 18.5. The summed E-state index contributed by atoms with van der Waals surface area (Å²) < 4.78 is 5.32. The van der Waals surface area contributed by atoms with Gasteiger partial charge < -0.3 is 9.64 Å². The number of morpholine rings is 1. The Labute approximate surface area is 154 Å². The van der Waals surface area contributed by atoms with E-state index in [0.717, 1.165) is 4.90 Å². The number of anilines is 1. The third-order valence-corrected chi connectivity index (χ3v) is 4.38. The van der Waals surface area contributed by atoms with E-state index in [1.807, 2.05) is 4.90 Å². The highest BCUT2D eigenvalue weighted by atomic mass is 16.6. The molecule has 2 saturated heterocycles. The summed E-state index contributed by atoms with van der Waals surface area (Å²) in [6.45, 7) is 3.87. The number of barbiturate groups is 1. The molecule has 0 saturated carbocycles. The maximum absolute atomic E-state index is 12.5. The zero-order chi connectivity index (χ0) is 19.6. The highest BCUT2D eigenvalue weighted by Gasteiger charge is 2.35. The lowest BCUT2D eigenvalue weighted by Crippen LogP contribution is -2.53. The van der Waals surface area contributed by atoms with Crippen LogP contribution in [-0.2, 0) is 14.3 Å². The monoisotopic (exact) mass is 374 g/mol. The van der Waals surface area contributed by atoms with Crippen LogP contribution in [0.2, 0.25) is 0 Å². The predicted molar refractivity (Wildman–Crippen MR) is 95.0 cm³/mol. The highest BCUT2D eigenvalue weighted by Crippen LogP contribution is 2.29. The molecule has 142 valence electrons. The average molecular weight is 374 g/mol. The van der Waals surface area contributed by atoms with Crippen molar-refractivity contribution in [2.24, 2.45) is 0 Å². The number of amides is 4. The molecule has 0 aliphatic carbocycles. The van der Waals surface area contributed by atoms with Crippen LogP contribution < -0.4 is 10.2 Å². The van der Waals surface area contributed by atoms with Crippen LogP contribution in [0.25, 0.3) is 6.08 Å². The Bertz CT molecular complexity index is 844. The minimum absolute atomic E-state index is 0.0978. The molecule has 2 aliphatic rings. The smallest absolute Gasteiger partial charge is 0.331 e. The largest absolute Gasteiger partial charge is 0.378 e. The summed E-state index contributed by atoms with van der Waals surface area (Å²) in [4.78, 5) is 49.9. The maximum Gasteiger partial charge on any atom is 0.331 e. The van der Waals surface area contributed by atoms with Crippen molar-refractivity contribution in [1.29, 1.82) is 0 Å². The number of nitrogens with zero attached hydrogens (tertiary/aromatic N) is 3. The summed E-state index contributed by atoms with van der Waals surface area (Å²) >= 11 is 0. The Morgan fingerprint density at radius 3 is 2.59 bits per heavy atom. The standard InChI is InChI=1S/C17H18N4O6/c1-2-20-16(23)13(15(22)18-17(20)24)10-11-9-12(21(25)26)3-4-14(11)19-5-7-27-8-6-19/h3-4,9-10H,2,5-8H2,1H3,(H,18,22,24)/b13-10+. The van der Waals surface area contributed by atoms with Crippen molar-refractivity contribution in [3.05, 3.63) is 39.4 Å². The second-order valence-electron chi connectivity index (χ2n) is 5.97. The number of nitrogens with one attached hydrogen (secondary N) is 1. The lowest BCUT2D eigenvalue weighted by Gasteiger charge is -2.30. The molecule has 0 aromatic heterocycles. The molecule has 27 heavy (non-hydrogen) atoms. The van der Waals surface area contributed by atoms with Crippen molar-refractivity contribution in [2.45, 2.75) is 6.92 Å². The molecule has 0 unspecified atom stereocenters. The van der Waals surface area contributed by atoms with Crippen LogP contribution >= 0.6 is 0 Å². The van der Waals surface area contributed by atoms with Gasteiger partial charge in [-0.25, -0.2) is 4.79 Å². The number of ether oxygens (including phenoxy) is 1. The maximum atomic E-state index is 12.5. The van der Waals surface area contributed by atoms with Gasteiger partial charge in [0.05, 0.1) is 18.1 Å². The number of hydrogen-bond acceptors (Lipinski definition) is 7. The van der Waals surface area contributed by atoms with Crippen LogP contribution in [-0.4, -0.2) is 60.5 Å². The van der Waals surface area contributed by atoms with E-state index in [0.29, 0.717) is 37.6 Å². The summed E-state index contributed by atoms with van der Waals surface area (Å²) in [5.74, 6) is -1.56. The molecule has 3 rings (SSSR count). The van der Waals surface area contributed by atoms with Gasteiger partial charge in [-0.05, 0) is 19.1 Å². The number of non-ortho nitro benzene ring substituents is 1. The first-order valence-electron chi connectivity index (χ1n) is 8.42. The summed E-state index contributed by atoms with van der Waals surface area (Å²) in [5.41, 5.74) is 0.601. The minimum atomic E-state index is -0.825. The molecule has 10 heteroatoms. The van der Waals surface area contributed by atoms with Crippen LogP contribution in [0.3, 0.4) is 0 Å². The van der Waals surface area contributed by atoms with Gasteiger partial charge in [0.1, 0.15) is 5.57 Å². The number of urea groups is 1. The molecule has 0 atom stereocenters. The van der Waals surface area contributed by atoms with Crippen molar-refractivity contribution in [1.82, 2.24) is 10.2 Å². The zero-order valence-corrected chi connectivity index (χ0v) is 14.6. The number of nitro groups is 1. The average Bonchev–Trinajstić information content (AvgIpc) is 2.66. The Hall–Kier alpha value is -3.27. The number of hydrogen-bond donors (Lipinski definition) is 1. The van der Waals surface area contributed by atoms with E-state index in [9.17, 15) is 24.5 Å². The number of rotatable bonds is 4. The van der Waals surface area contributed by atoms with Crippen molar-refractivity contribution in [3.63, 3.8) is 0 Å². The molecule has 10 nitrogen and oxygen atoms in total. The number of benzene rings is 1. The highest BCUT2D eigenvalue weighted by molar-refractivity contribution is 6.31. The number of likely N-dealkylation sites (N-methyl/N-ethyl adjacent to an activating group) is 1. The fraction of sp³-hybridized carbons (Fsp3) is 0.353. The molecule has 4 amide bonds. The van der Waals surface area contributed by atoms with Crippen LogP contribution in [0.15, 0.2) is 23.8 Å². The number of imide groups is 2. The third-order valence-electron chi connectivity index (χ3n) is 4.38. The number of carbonyl (C=O) groups is 3. The molecular weight excluding hydrogens is 356 g/mol. The molecule has 2 fully saturated rings. The second kappa shape index (κ2) is 7.54. The minimum Gasteiger partial charge on any atom is -0.378 e. The molecular formula is C17H18N4O6. The summed E-state index contributed by atoms with van der Waals surface area (Å²) in [7, 11) is 0. The molecule has 2 aliphatic heterocycles. The summed E-state index contributed by atoms with van der Waals surface area (Å²) in [6, 6.07) is 3.49. The molecule has 0 radical (unpaired) electrons. The third kappa shape index (κ3) is 3.65. The van der Waals surface area contributed by atoms with Crippen molar-refractivity contribution in [3.8, 4) is 0 Å². The van der Waals surface area contributed by atoms with E-state index in [4.69, 9.17) is 4.74 Å². The Balaban J connectivity index is 2.07. The van der Waals surface area contributed by atoms with Crippen LogP contribution in [0, 0.1) is 10.1 Å². The topological polar surface area (TPSA) is 122 Å². The van der Waals surface area contributed by atoms with Crippen LogP contribution in [0.4, 0.5) is 16.2 Å². The van der Waals surface area contributed by atoms with Gasteiger partial charge in [0.25, 0.3) is 17.5 Å². The van der Waals surface area contributed by atoms with E-state index in [-0.39, 0.29) is 17.8 Å². The van der Waals surface area contributed by atoms with E-state index >= 15 is 0 Å². The van der Waals surface area contributed by atoms with Crippen LogP contribution in [0.5, 0.6) is 0 Å². The van der Waals surface area contributed by atoms with Crippen LogP contribution in [0.1, 0.15) is 12.5 Å². The van der Waals surface area contributed by atoms with E-state index in [1.54, 1.807) is 13.0 Å². The van der Waals surface area contributed by atoms with Gasteiger partial charge in [-0.3, -0.25) is 29.9 Å². The van der Waals surface area contributed by atoms with Gasteiger partial charge in [-0.1, -0.05) is 0 Å². The molecule has 1 aromatic carbocycles. The van der Waals surface area contributed by atoms with Crippen molar-refractivity contribution in [2.75, 3.05) is 37.7 Å². The normalized spacial score (nSPS) is 19.4. The summed E-state index contributed by atoms with van der Waals surface area (Å²) in [6.07, 6.45) is 1.30. The quantitative estimate of drug-likeness (QED) is 0.360. The predicted octanol–water partition coefficient (Wildman–Crippen LogP) is 0.913. The lowest BCUT2D eigenvalue weighted by atomic mass is 10.0. The lowest BCUT2D eigenvalue weighted by molar-refractivity contribution is -0.384. The molecule has 0 bridgehead atoms. The zero-order valence-electron chi connectivity index (χ0n) is 14.6. The van der Waals surface area contributed by atoms with Gasteiger partial charge in [-0.15, -0.1) is 0 Å². The van der Waals surface area contributed by atoms with Gasteiger partial charge in [-0.2, -0.15) is 0 Å². The molecule has 1 N–H and O–H groups in total. The Morgan fingerprint density at radius 2 is 1.96 bits per heavy atom.